The Bertz CT molecular complexity index is 101. The number of hydrogen-bond acceptors (Lipinski definition) is 1. The maximum Gasteiger partial charge on any atom is 0.00789 e. The Morgan fingerprint density at radius 1 is 1.38 bits per heavy atom. The van der Waals surface area contributed by atoms with Gasteiger partial charge in [0.05, 0.1) is 0 Å². The van der Waals surface area contributed by atoms with Crippen molar-refractivity contribution in [2.45, 2.75) is 25.0 Å². The molecule has 0 bridgehead atoms. The summed E-state index contributed by atoms with van der Waals surface area (Å²) in [5, 5.41) is 1.10. The summed E-state index contributed by atoms with van der Waals surface area (Å²) in [7, 11) is 0. The van der Waals surface area contributed by atoms with Gasteiger partial charge in [0.1, 0.15) is 0 Å². The zero-order chi connectivity index (χ0) is 5.56. The van der Waals surface area contributed by atoms with Gasteiger partial charge in [0.15, 0.2) is 0 Å². The summed E-state index contributed by atoms with van der Waals surface area (Å²) >= 11 is 2.20. The van der Waals surface area contributed by atoms with Gasteiger partial charge in [-0.2, -0.15) is 11.8 Å². The lowest BCUT2D eigenvalue weighted by atomic mass is 10.1. The molecular weight excluding hydrogens is 116 g/mol. The summed E-state index contributed by atoms with van der Waals surface area (Å²) in [6.07, 6.45) is 3.06. The average Bonchev–Trinajstić information content (AvgIpc) is 2.43. The van der Waals surface area contributed by atoms with Crippen LogP contribution in [-0.4, -0.2) is 11.0 Å². The third-order valence-electron chi connectivity index (χ3n) is 2.16. The highest BCUT2D eigenvalue weighted by molar-refractivity contribution is 8.00. The molecule has 8 heavy (non-hydrogen) atoms. The van der Waals surface area contributed by atoms with E-state index in [4.69, 9.17) is 0 Å². The standard InChI is InChI=1S/C7H12S/c1-5-2-6-3-7(6)8-4-5/h5-7H,2-4H2,1H3. The maximum atomic E-state index is 2.38. The first-order valence-electron chi connectivity index (χ1n) is 3.48. The largest absolute Gasteiger partial charge is 0.158 e. The summed E-state index contributed by atoms with van der Waals surface area (Å²) < 4.78 is 0. The van der Waals surface area contributed by atoms with Crippen LogP contribution in [0.5, 0.6) is 0 Å². The van der Waals surface area contributed by atoms with E-state index in [0.717, 1.165) is 17.1 Å². The molecular formula is C7H12S. The molecule has 0 radical (unpaired) electrons. The van der Waals surface area contributed by atoms with Crippen molar-refractivity contribution in [3.05, 3.63) is 0 Å². The molecule has 3 atom stereocenters. The molecule has 0 spiro atoms. The fraction of sp³-hybridized carbons (Fsp3) is 1.00. The molecule has 0 amide bonds. The van der Waals surface area contributed by atoms with Crippen LogP contribution in [0.25, 0.3) is 0 Å². The number of fused-ring (bicyclic) bond motifs is 1. The molecule has 3 unspecified atom stereocenters. The SMILES string of the molecule is CC1CSC2CC2C1. The second-order valence-electron chi connectivity index (χ2n) is 3.21. The monoisotopic (exact) mass is 128 g/mol. The van der Waals surface area contributed by atoms with E-state index in [1.54, 1.807) is 0 Å². The van der Waals surface area contributed by atoms with Gasteiger partial charge in [0.2, 0.25) is 0 Å². The minimum Gasteiger partial charge on any atom is -0.158 e. The van der Waals surface area contributed by atoms with Gasteiger partial charge in [-0.25, -0.2) is 0 Å². The van der Waals surface area contributed by atoms with E-state index in [-0.39, 0.29) is 0 Å². The van der Waals surface area contributed by atoms with Gasteiger partial charge in [-0.3, -0.25) is 0 Å². The molecule has 1 heterocycles. The van der Waals surface area contributed by atoms with Crippen molar-refractivity contribution in [2.24, 2.45) is 11.8 Å². The molecule has 1 heteroatoms. The van der Waals surface area contributed by atoms with Gasteiger partial charge in [-0.15, -0.1) is 0 Å². The van der Waals surface area contributed by atoms with Crippen LogP contribution < -0.4 is 0 Å². The summed E-state index contributed by atoms with van der Waals surface area (Å²) in [5.41, 5.74) is 0. The molecule has 1 saturated carbocycles. The molecule has 46 valence electrons. The van der Waals surface area contributed by atoms with Crippen LogP contribution in [0.1, 0.15) is 19.8 Å². The lowest BCUT2D eigenvalue weighted by molar-refractivity contribution is 0.539. The molecule has 1 saturated heterocycles. The van der Waals surface area contributed by atoms with Crippen LogP contribution in [-0.2, 0) is 0 Å². The third kappa shape index (κ3) is 0.771. The molecule has 0 aromatic rings. The van der Waals surface area contributed by atoms with Crippen molar-refractivity contribution in [2.75, 3.05) is 5.75 Å². The van der Waals surface area contributed by atoms with Crippen LogP contribution in [0, 0.1) is 11.8 Å². The molecule has 2 aliphatic rings. The van der Waals surface area contributed by atoms with E-state index < -0.39 is 0 Å². The fourth-order valence-corrected chi connectivity index (χ4v) is 3.02. The fourth-order valence-electron chi connectivity index (χ4n) is 1.54. The van der Waals surface area contributed by atoms with Crippen LogP contribution in [0.2, 0.25) is 0 Å². The van der Waals surface area contributed by atoms with E-state index >= 15 is 0 Å². The second kappa shape index (κ2) is 1.66. The van der Waals surface area contributed by atoms with Crippen molar-refractivity contribution < 1.29 is 0 Å². The summed E-state index contributed by atoms with van der Waals surface area (Å²) in [5.74, 6) is 3.59. The van der Waals surface area contributed by atoms with Crippen molar-refractivity contribution >= 4 is 11.8 Å². The molecule has 1 aliphatic heterocycles. The number of rotatable bonds is 0. The van der Waals surface area contributed by atoms with Gasteiger partial charge in [-0.05, 0) is 30.4 Å². The van der Waals surface area contributed by atoms with E-state index in [1.165, 1.54) is 18.6 Å². The Hall–Kier alpha value is 0.350. The maximum absolute atomic E-state index is 2.38. The Morgan fingerprint density at radius 3 is 2.88 bits per heavy atom. The minimum atomic E-state index is 1.02. The van der Waals surface area contributed by atoms with E-state index in [2.05, 4.69) is 18.7 Å². The predicted molar refractivity (Wildman–Crippen MR) is 38.1 cm³/mol. The highest BCUT2D eigenvalue weighted by Crippen LogP contribution is 2.50. The highest BCUT2D eigenvalue weighted by atomic mass is 32.2. The summed E-state index contributed by atoms with van der Waals surface area (Å²) in [4.78, 5) is 0. The average molecular weight is 128 g/mol. The summed E-state index contributed by atoms with van der Waals surface area (Å²) in [6.45, 7) is 2.38. The number of thioether (sulfide) groups is 1. The van der Waals surface area contributed by atoms with Crippen molar-refractivity contribution in [1.29, 1.82) is 0 Å². The van der Waals surface area contributed by atoms with Crippen molar-refractivity contribution in [3.63, 3.8) is 0 Å². The van der Waals surface area contributed by atoms with E-state index in [0.29, 0.717) is 0 Å². The first kappa shape index (κ1) is 5.16. The van der Waals surface area contributed by atoms with Crippen LogP contribution in [0.15, 0.2) is 0 Å². The Morgan fingerprint density at radius 2 is 2.25 bits per heavy atom. The topological polar surface area (TPSA) is 0 Å². The quantitative estimate of drug-likeness (QED) is 0.481. The van der Waals surface area contributed by atoms with Gasteiger partial charge in [0.25, 0.3) is 0 Å². The lowest BCUT2D eigenvalue weighted by Gasteiger charge is -2.14. The van der Waals surface area contributed by atoms with Crippen molar-refractivity contribution in [3.8, 4) is 0 Å². The minimum absolute atomic E-state index is 1.02. The van der Waals surface area contributed by atoms with E-state index in [1.807, 2.05) is 0 Å². The zero-order valence-corrected chi connectivity index (χ0v) is 6.08. The van der Waals surface area contributed by atoms with Crippen LogP contribution >= 0.6 is 11.8 Å². The third-order valence-corrected chi connectivity index (χ3v) is 3.92. The van der Waals surface area contributed by atoms with E-state index in [9.17, 15) is 0 Å². The zero-order valence-electron chi connectivity index (χ0n) is 5.26. The smallest absolute Gasteiger partial charge is 0.00789 e. The first-order chi connectivity index (χ1) is 3.86. The van der Waals surface area contributed by atoms with Crippen LogP contribution in [0.4, 0.5) is 0 Å². The molecule has 0 aromatic heterocycles. The van der Waals surface area contributed by atoms with Gasteiger partial charge < -0.3 is 0 Å². The van der Waals surface area contributed by atoms with Gasteiger partial charge in [0, 0.05) is 5.25 Å². The molecule has 0 nitrogen and oxygen atoms in total. The van der Waals surface area contributed by atoms with Gasteiger partial charge >= 0.3 is 0 Å². The molecule has 0 aromatic carbocycles. The van der Waals surface area contributed by atoms with Crippen LogP contribution in [0.3, 0.4) is 0 Å². The highest BCUT2D eigenvalue weighted by Gasteiger charge is 2.41. The number of hydrogen-bond donors (Lipinski definition) is 0. The molecule has 0 N–H and O–H groups in total. The Kier molecular flexibility index (Phi) is 1.07. The molecule has 2 fully saturated rings. The molecule has 2 rings (SSSR count). The second-order valence-corrected chi connectivity index (χ2v) is 4.48. The lowest BCUT2D eigenvalue weighted by Crippen LogP contribution is -2.06. The normalized spacial score (nSPS) is 52.9. The predicted octanol–water partition coefficient (Wildman–Crippen LogP) is 2.15. The van der Waals surface area contributed by atoms with Crippen molar-refractivity contribution in [1.82, 2.24) is 0 Å². The van der Waals surface area contributed by atoms with Gasteiger partial charge in [-0.1, -0.05) is 6.92 Å². The molecule has 1 aliphatic carbocycles. The first-order valence-corrected chi connectivity index (χ1v) is 4.53. The summed E-state index contributed by atoms with van der Waals surface area (Å²) in [6, 6.07) is 0. The Balaban J connectivity index is 1.93. The Labute approximate surface area is 55.0 Å².